The van der Waals surface area contributed by atoms with Gasteiger partial charge in [-0.05, 0) is 32.1 Å². The monoisotopic (exact) mass is 300 g/mol. The average molecular weight is 300 g/mol. The zero-order valence-corrected chi connectivity index (χ0v) is 15.0. The van der Waals surface area contributed by atoms with E-state index < -0.39 is 0 Å². The molecule has 4 N–H and O–H groups in total. The summed E-state index contributed by atoms with van der Waals surface area (Å²) in [6, 6.07) is 0. The van der Waals surface area contributed by atoms with Crippen LogP contribution in [0.5, 0.6) is 0 Å². The molecule has 0 bridgehead atoms. The lowest BCUT2D eigenvalue weighted by atomic mass is 9.73. The molecule has 126 valence electrons. The molecule has 0 spiro atoms. The number of aliphatic hydroxyl groups excluding tert-OH is 1. The number of hydrogen-bond donors (Lipinski definition) is 3. The average Bonchev–Trinajstić information content (AvgIpc) is 2.38. The first kappa shape index (κ1) is 20.6. The quantitative estimate of drug-likeness (QED) is 0.578. The standard InChI is InChI=1S/C17H36N2O2/c1-12(2)17(6,7)15(21)14(9-18)10-19-16(4,5)8-13(3)11-20/h12-14,19-20H,8-11,18H2,1-7H3. The van der Waals surface area contributed by atoms with E-state index in [1.807, 2.05) is 20.8 Å². The van der Waals surface area contributed by atoms with E-state index >= 15 is 0 Å². The normalized spacial score (nSPS) is 16.1. The first-order chi connectivity index (χ1) is 9.47. The number of carbonyl (C=O) groups excluding carboxylic acids is 1. The smallest absolute Gasteiger partial charge is 0.144 e. The van der Waals surface area contributed by atoms with Crippen LogP contribution in [0.2, 0.25) is 0 Å². The Labute approximate surface area is 130 Å². The number of Topliss-reactive ketones (excluding diaryl/α,β-unsaturated/α-hetero) is 1. The summed E-state index contributed by atoms with van der Waals surface area (Å²) in [6.45, 7) is 15.5. The molecule has 21 heavy (non-hydrogen) atoms. The molecule has 0 saturated carbocycles. The van der Waals surface area contributed by atoms with Crippen LogP contribution in [0.1, 0.15) is 54.9 Å². The van der Waals surface area contributed by atoms with Gasteiger partial charge in [-0.3, -0.25) is 4.79 Å². The molecule has 0 heterocycles. The summed E-state index contributed by atoms with van der Waals surface area (Å²) in [5.74, 6) is 0.609. The Morgan fingerprint density at radius 2 is 1.71 bits per heavy atom. The lowest BCUT2D eigenvalue weighted by molar-refractivity contribution is -0.133. The van der Waals surface area contributed by atoms with Gasteiger partial charge in [-0.15, -0.1) is 0 Å². The molecule has 0 aliphatic heterocycles. The first-order valence-electron chi connectivity index (χ1n) is 8.08. The molecule has 0 aromatic rings. The number of nitrogens with two attached hydrogens (primary N) is 1. The maximum atomic E-state index is 12.7. The van der Waals surface area contributed by atoms with Crippen molar-refractivity contribution in [2.24, 2.45) is 28.9 Å². The number of carbonyl (C=O) groups is 1. The lowest BCUT2D eigenvalue weighted by Gasteiger charge is -2.34. The van der Waals surface area contributed by atoms with Gasteiger partial charge in [0.25, 0.3) is 0 Å². The minimum atomic E-state index is -0.353. The van der Waals surface area contributed by atoms with Gasteiger partial charge in [0, 0.05) is 36.6 Å². The number of aliphatic hydroxyl groups is 1. The third-order valence-electron chi connectivity index (χ3n) is 4.73. The molecule has 0 rings (SSSR count). The van der Waals surface area contributed by atoms with Crippen LogP contribution in [0.4, 0.5) is 0 Å². The van der Waals surface area contributed by atoms with Gasteiger partial charge in [0.1, 0.15) is 5.78 Å². The van der Waals surface area contributed by atoms with Crippen molar-refractivity contribution in [1.82, 2.24) is 5.32 Å². The summed E-state index contributed by atoms with van der Waals surface area (Å²) >= 11 is 0. The second kappa shape index (κ2) is 8.25. The van der Waals surface area contributed by atoms with Crippen molar-refractivity contribution >= 4 is 5.78 Å². The predicted octanol–water partition coefficient (Wildman–Crippen LogP) is 2.20. The van der Waals surface area contributed by atoms with Crippen molar-refractivity contribution in [3.8, 4) is 0 Å². The second-order valence-corrected chi connectivity index (χ2v) is 7.93. The molecule has 0 saturated heterocycles. The zero-order chi connectivity index (χ0) is 16.8. The van der Waals surface area contributed by atoms with Crippen LogP contribution in [0.3, 0.4) is 0 Å². The highest BCUT2D eigenvalue weighted by molar-refractivity contribution is 5.87. The fraction of sp³-hybridized carbons (Fsp3) is 0.941. The summed E-state index contributed by atoms with van der Waals surface area (Å²) in [7, 11) is 0. The van der Waals surface area contributed by atoms with E-state index in [9.17, 15) is 9.90 Å². The molecule has 0 amide bonds. The molecule has 4 heteroatoms. The number of rotatable bonds is 10. The molecule has 2 unspecified atom stereocenters. The van der Waals surface area contributed by atoms with Crippen LogP contribution < -0.4 is 11.1 Å². The highest BCUT2D eigenvalue weighted by atomic mass is 16.3. The van der Waals surface area contributed by atoms with Gasteiger partial charge < -0.3 is 16.2 Å². The molecule has 4 nitrogen and oxygen atoms in total. The minimum Gasteiger partial charge on any atom is -0.396 e. The Bertz CT molecular complexity index is 325. The van der Waals surface area contributed by atoms with E-state index in [-0.39, 0.29) is 35.2 Å². The highest BCUT2D eigenvalue weighted by Gasteiger charge is 2.36. The van der Waals surface area contributed by atoms with E-state index in [4.69, 9.17) is 5.73 Å². The lowest BCUT2D eigenvalue weighted by Crippen LogP contribution is -2.49. The fourth-order valence-corrected chi connectivity index (χ4v) is 2.50. The van der Waals surface area contributed by atoms with Crippen LogP contribution in [0.15, 0.2) is 0 Å². The van der Waals surface area contributed by atoms with Gasteiger partial charge in [-0.25, -0.2) is 0 Å². The van der Waals surface area contributed by atoms with E-state index in [1.54, 1.807) is 0 Å². The summed E-state index contributed by atoms with van der Waals surface area (Å²) < 4.78 is 0. The predicted molar refractivity (Wildman–Crippen MR) is 89.1 cm³/mol. The molecular weight excluding hydrogens is 264 g/mol. The summed E-state index contributed by atoms with van der Waals surface area (Å²) in [6.07, 6.45) is 0.864. The topological polar surface area (TPSA) is 75.3 Å². The largest absolute Gasteiger partial charge is 0.396 e. The Kier molecular flexibility index (Phi) is 8.08. The van der Waals surface area contributed by atoms with Crippen LogP contribution in [-0.2, 0) is 4.79 Å². The summed E-state index contributed by atoms with van der Waals surface area (Å²) in [5.41, 5.74) is 5.36. The molecule has 0 aromatic heterocycles. The Morgan fingerprint density at radius 3 is 2.10 bits per heavy atom. The van der Waals surface area contributed by atoms with E-state index in [2.05, 4.69) is 33.0 Å². The summed E-state index contributed by atoms with van der Waals surface area (Å²) in [5, 5.41) is 12.6. The van der Waals surface area contributed by atoms with Crippen molar-refractivity contribution in [2.45, 2.75) is 60.4 Å². The van der Waals surface area contributed by atoms with Crippen molar-refractivity contribution in [1.29, 1.82) is 0 Å². The van der Waals surface area contributed by atoms with Gasteiger partial charge in [-0.2, -0.15) is 0 Å². The molecule has 0 aliphatic carbocycles. The van der Waals surface area contributed by atoms with Gasteiger partial charge in [0.15, 0.2) is 0 Å². The second-order valence-electron chi connectivity index (χ2n) is 7.93. The van der Waals surface area contributed by atoms with Crippen molar-refractivity contribution in [3.63, 3.8) is 0 Å². The van der Waals surface area contributed by atoms with E-state index in [1.165, 1.54) is 0 Å². The third-order valence-corrected chi connectivity index (χ3v) is 4.73. The molecular formula is C17H36N2O2. The maximum absolute atomic E-state index is 12.7. The van der Waals surface area contributed by atoms with Gasteiger partial charge in [0.2, 0.25) is 0 Å². The maximum Gasteiger partial charge on any atom is 0.144 e. The first-order valence-corrected chi connectivity index (χ1v) is 8.08. The molecule has 2 atom stereocenters. The molecule has 0 fully saturated rings. The summed E-state index contributed by atoms with van der Waals surface area (Å²) in [4.78, 5) is 12.7. The van der Waals surface area contributed by atoms with Crippen molar-refractivity contribution < 1.29 is 9.90 Å². The third kappa shape index (κ3) is 6.45. The number of hydrogen-bond acceptors (Lipinski definition) is 4. The number of ketones is 1. The Balaban J connectivity index is 4.69. The van der Waals surface area contributed by atoms with E-state index in [0.29, 0.717) is 19.0 Å². The fourth-order valence-electron chi connectivity index (χ4n) is 2.50. The number of nitrogens with one attached hydrogen (secondary N) is 1. The van der Waals surface area contributed by atoms with Crippen LogP contribution in [0, 0.1) is 23.2 Å². The molecule has 0 aliphatic rings. The van der Waals surface area contributed by atoms with Crippen molar-refractivity contribution in [3.05, 3.63) is 0 Å². The van der Waals surface area contributed by atoms with E-state index in [0.717, 1.165) is 6.42 Å². The van der Waals surface area contributed by atoms with Gasteiger partial charge in [0.05, 0.1) is 0 Å². The molecule has 0 aromatic carbocycles. The Morgan fingerprint density at radius 1 is 1.19 bits per heavy atom. The minimum absolute atomic E-state index is 0.113. The highest BCUT2D eigenvalue weighted by Crippen LogP contribution is 2.30. The molecule has 0 radical (unpaired) electrons. The van der Waals surface area contributed by atoms with Gasteiger partial charge >= 0.3 is 0 Å². The SMILES string of the molecule is CC(CO)CC(C)(C)NCC(CN)C(=O)C(C)(C)C(C)C. The van der Waals surface area contributed by atoms with Crippen LogP contribution in [-0.4, -0.2) is 36.1 Å². The van der Waals surface area contributed by atoms with Crippen molar-refractivity contribution in [2.75, 3.05) is 19.7 Å². The van der Waals surface area contributed by atoms with Crippen LogP contribution >= 0.6 is 0 Å². The zero-order valence-electron chi connectivity index (χ0n) is 15.0. The van der Waals surface area contributed by atoms with Gasteiger partial charge in [-0.1, -0.05) is 34.6 Å². The van der Waals surface area contributed by atoms with Crippen LogP contribution in [0.25, 0.3) is 0 Å². The Hall–Kier alpha value is -0.450.